The van der Waals surface area contributed by atoms with Crippen LogP contribution in [0.1, 0.15) is 20.8 Å². The highest BCUT2D eigenvalue weighted by atomic mass is 16.6. The molecule has 0 saturated carbocycles. The largest absolute Gasteiger partial charge is 0.469 e. The molecule has 0 unspecified atom stereocenters. The van der Waals surface area contributed by atoms with Crippen LogP contribution in [-0.4, -0.2) is 72.1 Å². The molecule has 0 aromatic rings. The first-order valence-electron chi connectivity index (χ1n) is 5.65. The normalized spacial score (nSPS) is 6.76. The van der Waals surface area contributed by atoms with Crippen molar-refractivity contribution >= 4 is 17.7 Å². The zero-order chi connectivity index (χ0) is 18.3. The summed E-state index contributed by atoms with van der Waals surface area (Å²) in [5.74, 6) is -0.424. The Morgan fingerprint density at radius 3 is 1.10 bits per heavy atom. The van der Waals surface area contributed by atoms with Gasteiger partial charge in [-0.2, -0.15) is 0 Å². The Morgan fingerprint density at radius 2 is 1.05 bits per heavy atom. The van der Waals surface area contributed by atoms with Gasteiger partial charge in [0, 0.05) is 35.4 Å². The van der Waals surface area contributed by atoms with E-state index in [0.717, 1.165) is 7.11 Å². The molecule has 0 aliphatic heterocycles. The monoisotopic (exact) mass is 314 g/mol. The molecule has 0 heterocycles. The van der Waals surface area contributed by atoms with Crippen LogP contribution in [0.25, 0.3) is 0 Å². The Morgan fingerprint density at radius 1 is 0.810 bits per heavy atom. The fraction of sp³-hybridized carbons (Fsp3) is 0.769. The molecule has 0 fully saturated rings. The van der Waals surface area contributed by atoms with Crippen molar-refractivity contribution in [3.05, 3.63) is 0 Å². The van der Waals surface area contributed by atoms with Gasteiger partial charge < -0.3 is 28.8 Å². The Bertz CT molecular complexity index is 212. The number of carbonyl (C=O) groups is 3. The van der Waals surface area contributed by atoms with Gasteiger partial charge in [-0.3, -0.25) is 4.79 Å². The molecule has 8 nitrogen and oxygen atoms in total. The second-order valence-electron chi connectivity index (χ2n) is 3.02. The molecule has 0 rings (SSSR count). The number of ketones is 1. The summed E-state index contributed by atoms with van der Waals surface area (Å²) >= 11 is 0. The number of aliphatic hydroxyl groups excluding tert-OH is 1. The number of hydrogen-bond donors (Lipinski definition) is 1. The van der Waals surface area contributed by atoms with Crippen LogP contribution in [0.15, 0.2) is 0 Å². The van der Waals surface area contributed by atoms with Gasteiger partial charge in [0.25, 0.3) is 0 Å². The van der Waals surface area contributed by atoms with Crippen LogP contribution < -0.4 is 0 Å². The molecule has 130 valence electrons. The average molecular weight is 314 g/mol. The van der Waals surface area contributed by atoms with Crippen LogP contribution in [0.3, 0.4) is 0 Å². The van der Waals surface area contributed by atoms with Gasteiger partial charge in [0.1, 0.15) is 12.4 Å². The minimum Gasteiger partial charge on any atom is -0.469 e. The lowest BCUT2D eigenvalue weighted by atomic mass is 10.6. The van der Waals surface area contributed by atoms with E-state index in [1.165, 1.54) is 42.1 Å². The van der Waals surface area contributed by atoms with Gasteiger partial charge in [-0.1, -0.05) is 0 Å². The van der Waals surface area contributed by atoms with Crippen molar-refractivity contribution in [3.63, 3.8) is 0 Å². The predicted octanol–water partition coefficient (Wildman–Crippen LogP) is 0.452. The SMILES string of the molecule is CC(C)=O.CO.COC.COC(C)=O.COCC(=O)OC. The highest BCUT2D eigenvalue weighted by Crippen LogP contribution is 1.71. The molecule has 21 heavy (non-hydrogen) atoms. The van der Waals surface area contributed by atoms with Gasteiger partial charge in [0.2, 0.25) is 0 Å². The Kier molecular flexibility index (Phi) is 54.8. The zero-order valence-corrected chi connectivity index (χ0v) is 14.5. The number of carbonyl (C=O) groups excluding carboxylic acids is 3. The van der Waals surface area contributed by atoms with Crippen LogP contribution in [0.5, 0.6) is 0 Å². The molecule has 0 bridgehead atoms. The van der Waals surface area contributed by atoms with E-state index < -0.39 is 0 Å². The topological polar surface area (TPSA) is 108 Å². The maximum absolute atomic E-state index is 10.1. The molecular weight excluding hydrogens is 284 g/mol. The summed E-state index contributed by atoms with van der Waals surface area (Å²) in [4.78, 5) is 29.1. The van der Waals surface area contributed by atoms with Gasteiger partial charge in [-0.05, 0) is 13.8 Å². The summed E-state index contributed by atoms with van der Waals surface area (Å²) in [6.45, 7) is 4.45. The van der Waals surface area contributed by atoms with Crippen LogP contribution in [0.2, 0.25) is 0 Å². The number of hydrogen-bond acceptors (Lipinski definition) is 8. The van der Waals surface area contributed by atoms with Crippen LogP contribution in [-0.2, 0) is 33.3 Å². The van der Waals surface area contributed by atoms with Crippen molar-refractivity contribution in [2.45, 2.75) is 20.8 Å². The van der Waals surface area contributed by atoms with E-state index in [-0.39, 0.29) is 24.3 Å². The number of Topliss-reactive ketones (excluding diaryl/α,β-unsaturated/α-hetero) is 1. The van der Waals surface area contributed by atoms with Crippen LogP contribution in [0.4, 0.5) is 0 Å². The number of aliphatic hydroxyl groups is 1. The smallest absolute Gasteiger partial charge is 0.331 e. The van der Waals surface area contributed by atoms with Gasteiger partial charge in [-0.15, -0.1) is 0 Å². The van der Waals surface area contributed by atoms with Crippen LogP contribution in [0, 0.1) is 0 Å². The third kappa shape index (κ3) is 167. The van der Waals surface area contributed by atoms with Crippen molar-refractivity contribution in [1.29, 1.82) is 0 Å². The highest BCUT2D eigenvalue weighted by molar-refractivity contribution is 5.72. The number of methoxy groups -OCH3 is 4. The van der Waals surface area contributed by atoms with Crippen molar-refractivity contribution in [1.82, 2.24) is 0 Å². The van der Waals surface area contributed by atoms with Crippen molar-refractivity contribution < 1.29 is 38.4 Å². The quantitative estimate of drug-likeness (QED) is 0.732. The lowest BCUT2D eigenvalue weighted by Crippen LogP contribution is -2.07. The number of rotatable bonds is 2. The Hall–Kier alpha value is -1.51. The molecule has 0 aromatic carbocycles. The van der Waals surface area contributed by atoms with E-state index in [1.807, 2.05) is 0 Å². The molecule has 0 spiro atoms. The second kappa shape index (κ2) is 36.3. The summed E-state index contributed by atoms with van der Waals surface area (Å²) in [7, 11) is 8.36. The summed E-state index contributed by atoms with van der Waals surface area (Å²) in [6.07, 6.45) is 0. The van der Waals surface area contributed by atoms with E-state index >= 15 is 0 Å². The molecular formula is C13H30O8. The fourth-order valence-corrected chi connectivity index (χ4v) is 0.177. The standard InChI is InChI=1S/C4H8O3.C3H6O2.C3H6O.C2H6O.CH4O/c1-6-3-4(5)7-2;1-3(4)5-2;1-3(2)4;1-3-2;1-2/h3H2,1-2H3;1-2H3;1-2H3;1-2H3;2H,1H3. The number of ether oxygens (including phenoxy) is 4. The van der Waals surface area contributed by atoms with Gasteiger partial charge in [-0.25, -0.2) is 4.79 Å². The highest BCUT2D eigenvalue weighted by Gasteiger charge is 1.93. The lowest BCUT2D eigenvalue weighted by Gasteiger charge is -1.92. The summed E-state index contributed by atoms with van der Waals surface area (Å²) in [5.41, 5.74) is 0. The summed E-state index contributed by atoms with van der Waals surface area (Å²) in [5, 5.41) is 7.00. The number of esters is 2. The zero-order valence-electron chi connectivity index (χ0n) is 14.5. The predicted molar refractivity (Wildman–Crippen MR) is 79.0 cm³/mol. The minimum atomic E-state index is -0.345. The van der Waals surface area contributed by atoms with Crippen LogP contribution >= 0.6 is 0 Å². The Labute approximate surface area is 127 Å². The van der Waals surface area contributed by atoms with E-state index in [9.17, 15) is 14.4 Å². The fourth-order valence-electron chi connectivity index (χ4n) is 0.177. The second-order valence-corrected chi connectivity index (χ2v) is 3.02. The summed E-state index contributed by atoms with van der Waals surface area (Å²) in [6, 6.07) is 0. The average Bonchev–Trinajstić information content (AvgIpc) is 2.42. The van der Waals surface area contributed by atoms with E-state index in [1.54, 1.807) is 14.2 Å². The van der Waals surface area contributed by atoms with Gasteiger partial charge >= 0.3 is 11.9 Å². The van der Waals surface area contributed by atoms with Crippen molar-refractivity contribution in [2.24, 2.45) is 0 Å². The third-order valence-electron chi connectivity index (χ3n) is 0.777. The van der Waals surface area contributed by atoms with Gasteiger partial charge in [0.05, 0.1) is 14.2 Å². The molecule has 0 atom stereocenters. The Balaban J connectivity index is -0.0000000543. The molecule has 0 aliphatic rings. The van der Waals surface area contributed by atoms with E-state index in [4.69, 9.17) is 5.11 Å². The first kappa shape index (κ1) is 31.7. The maximum Gasteiger partial charge on any atom is 0.331 e. The molecule has 0 saturated heterocycles. The molecule has 0 aromatic heterocycles. The summed E-state index contributed by atoms with van der Waals surface area (Å²) < 4.78 is 17.0. The minimum absolute atomic E-state index is 0.0382. The molecule has 0 radical (unpaired) electrons. The lowest BCUT2D eigenvalue weighted by molar-refractivity contribution is -0.144. The van der Waals surface area contributed by atoms with E-state index in [2.05, 4.69) is 18.9 Å². The molecule has 1 N–H and O–H groups in total. The van der Waals surface area contributed by atoms with E-state index in [0.29, 0.717) is 0 Å². The van der Waals surface area contributed by atoms with Crippen molar-refractivity contribution in [2.75, 3.05) is 49.3 Å². The van der Waals surface area contributed by atoms with Crippen molar-refractivity contribution in [3.8, 4) is 0 Å². The molecule has 8 heteroatoms. The molecule has 0 amide bonds. The first-order chi connectivity index (χ1) is 9.72. The third-order valence-corrected chi connectivity index (χ3v) is 0.777. The first-order valence-corrected chi connectivity index (χ1v) is 5.65. The molecule has 0 aliphatic carbocycles. The van der Waals surface area contributed by atoms with Gasteiger partial charge in [0.15, 0.2) is 0 Å². The maximum atomic E-state index is 10.1.